The summed E-state index contributed by atoms with van der Waals surface area (Å²) in [5, 5.41) is 0. The van der Waals surface area contributed by atoms with Gasteiger partial charge < -0.3 is 9.80 Å². The first kappa shape index (κ1) is 15.0. The van der Waals surface area contributed by atoms with Crippen molar-refractivity contribution < 1.29 is 4.79 Å². The highest BCUT2D eigenvalue weighted by atomic mass is 16.2. The van der Waals surface area contributed by atoms with Crippen LogP contribution in [0.2, 0.25) is 0 Å². The molecular formula is C17H26N2O. The molecule has 2 atom stereocenters. The Kier molecular flexibility index (Phi) is 5.18. The van der Waals surface area contributed by atoms with Gasteiger partial charge in [-0.05, 0) is 39.1 Å². The minimum atomic E-state index is 0.231. The minimum absolute atomic E-state index is 0.231. The molecule has 1 amide bonds. The second-order valence-electron chi connectivity index (χ2n) is 5.84. The van der Waals surface area contributed by atoms with Gasteiger partial charge in [-0.15, -0.1) is 0 Å². The molecule has 0 saturated heterocycles. The maximum atomic E-state index is 12.5. The standard InChI is InChI=1S/C17H26N2O/c1-4-17(20)19(14-10-6-5-7-11-14)16-13-9-8-12-15(16)18(2)3/h5-7,10-11,15-16H,4,8-9,12-13H2,1-3H3/t15-,16+/m0/s1. The zero-order valence-corrected chi connectivity index (χ0v) is 12.9. The summed E-state index contributed by atoms with van der Waals surface area (Å²) >= 11 is 0. The van der Waals surface area contributed by atoms with E-state index in [2.05, 4.69) is 31.1 Å². The maximum absolute atomic E-state index is 12.5. The van der Waals surface area contributed by atoms with Gasteiger partial charge in [-0.3, -0.25) is 4.79 Å². The summed E-state index contributed by atoms with van der Waals surface area (Å²) in [5.41, 5.74) is 1.04. The molecule has 1 saturated carbocycles. The van der Waals surface area contributed by atoms with Gasteiger partial charge >= 0.3 is 0 Å². The van der Waals surface area contributed by atoms with E-state index in [1.54, 1.807) is 0 Å². The Morgan fingerprint density at radius 3 is 2.25 bits per heavy atom. The van der Waals surface area contributed by atoms with E-state index >= 15 is 0 Å². The van der Waals surface area contributed by atoms with Crippen molar-refractivity contribution in [2.75, 3.05) is 19.0 Å². The fourth-order valence-corrected chi connectivity index (χ4v) is 3.27. The van der Waals surface area contributed by atoms with Gasteiger partial charge in [0.1, 0.15) is 0 Å². The van der Waals surface area contributed by atoms with Crippen molar-refractivity contribution in [1.29, 1.82) is 0 Å². The fourth-order valence-electron chi connectivity index (χ4n) is 3.27. The van der Waals surface area contributed by atoms with Crippen LogP contribution in [-0.4, -0.2) is 37.0 Å². The molecule has 0 radical (unpaired) electrons. The molecule has 0 unspecified atom stereocenters. The van der Waals surface area contributed by atoms with Crippen LogP contribution in [0.3, 0.4) is 0 Å². The van der Waals surface area contributed by atoms with Gasteiger partial charge in [-0.1, -0.05) is 38.0 Å². The van der Waals surface area contributed by atoms with Gasteiger partial charge in [0.2, 0.25) is 5.91 Å². The molecule has 0 aromatic heterocycles. The number of nitrogens with zero attached hydrogens (tertiary/aromatic N) is 2. The molecule has 1 fully saturated rings. The molecule has 110 valence electrons. The second kappa shape index (κ2) is 6.89. The van der Waals surface area contributed by atoms with E-state index in [4.69, 9.17) is 0 Å². The molecule has 0 aliphatic heterocycles. The summed E-state index contributed by atoms with van der Waals surface area (Å²) in [4.78, 5) is 16.8. The average molecular weight is 274 g/mol. The van der Waals surface area contributed by atoms with E-state index < -0.39 is 0 Å². The van der Waals surface area contributed by atoms with Crippen LogP contribution >= 0.6 is 0 Å². The number of likely N-dealkylation sites (N-methyl/N-ethyl adjacent to an activating group) is 1. The first-order valence-electron chi connectivity index (χ1n) is 7.68. The lowest BCUT2D eigenvalue weighted by Crippen LogP contribution is -2.53. The summed E-state index contributed by atoms with van der Waals surface area (Å²) in [5.74, 6) is 0.231. The SMILES string of the molecule is CCC(=O)N(c1ccccc1)[C@@H]1CCCC[C@@H]1N(C)C. The summed E-state index contributed by atoms with van der Waals surface area (Å²) in [6, 6.07) is 10.9. The molecule has 2 rings (SSSR count). The van der Waals surface area contributed by atoms with Crippen molar-refractivity contribution in [3.05, 3.63) is 30.3 Å². The number of amides is 1. The van der Waals surface area contributed by atoms with E-state index in [1.807, 2.05) is 30.0 Å². The normalized spacial score (nSPS) is 22.8. The highest BCUT2D eigenvalue weighted by molar-refractivity contribution is 5.93. The number of hydrogen-bond acceptors (Lipinski definition) is 2. The third kappa shape index (κ3) is 3.21. The molecule has 0 heterocycles. The van der Waals surface area contributed by atoms with Crippen molar-refractivity contribution in [2.24, 2.45) is 0 Å². The van der Waals surface area contributed by atoms with E-state index in [9.17, 15) is 4.79 Å². The summed E-state index contributed by atoms with van der Waals surface area (Å²) < 4.78 is 0. The predicted molar refractivity (Wildman–Crippen MR) is 84.0 cm³/mol. The third-order valence-corrected chi connectivity index (χ3v) is 4.29. The van der Waals surface area contributed by atoms with Crippen LogP contribution in [0.1, 0.15) is 39.0 Å². The Morgan fingerprint density at radius 1 is 1.10 bits per heavy atom. The average Bonchev–Trinajstić information content (AvgIpc) is 2.48. The lowest BCUT2D eigenvalue weighted by molar-refractivity contribution is -0.119. The number of para-hydroxylation sites is 1. The highest BCUT2D eigenvalue weighted by Crippen LogP contribution is 2.30. The van der Waals surface area contributed by atoms with E-state index in [1.165, 1.54) is 19.3 Å². The largest absolute Gasteiger partial charge is 0.308 e. The molecule has 3 nitrogen and oxygen atoms in total. The first-order chi connectivity index (χ1) is 9.65. The fraction of sp³-hybridized carbons (Fsp3) is 0.588. The van der Waals surface area contributed by atoms with Gasteiger partial charge in [0.15, 0.2) is 0 Å². The molecular weight excluding hydrogens is 248 g/mol. The van der Waals surface area contributed by atoms with Crippen molar-refractivity contribution in [3.8, 4) is 0 Å². The van der Waals surface area contributed by atoms with Gasteiger partial charge in [0.05, 0.1) is 6.04 Å². The lowest BCUT2D eigenvalue weighted by Gasteiger charge is -2.42. The van der Waals surface area contributed by atoms with Crippen molar-refractivity contribution in [3.63, 3.8) is 0 Å². The van der Waals surface area contributed by atoms with Crippen LogP contribution in [0.4, 0.5) is 5.69 Å². The number of rotatable bonds is 4. The summed E-state index contributed by atoms with van der Waals surface area (Å²) in [7, 11) is 4.26. The molecule has 1 aliphatic carbocycles. The molecule has 3 heteroatoms. The highest BCUT2D eigenvalue weighted by Gasteiger charge is 2.34. The molecule has 0 N–H and O–H groups in total. The number of anilines is 1. The van der Waals surface area contributed by atoms with Crippen LogP contribution < -0.4 is 4.90 Å². The molecule has 0 bridgehead atoms. The smallest absolute Gasteiger partial charge is 0.227 e. The van der Waals surface area contributed by atoms with E-state index in [0.29, 0.717) is 18.5 Å². The topological polar surface area (TPSA) is 23.6 Å². The van der Waals surface area contributed by atoms with Crippen molar-refractivity contribution >= 4 is 11.6 Å². The number of hydrogen-bond donors (Lipinski definition) is 0. The Labute approximate surface area is 122 Å². The number of carbonyl (C=O) groups is 1. The Balaban J connectivity index is 2.32. The van der Waals surface area contributed by atoms with Gasteiger partial charge in [0.25, 0.3) is 0 Å². The van der Waals surface area contributed by atoms with Crippen LogP contribution in [0.15, 0.2) is 30.3 Å². The Morgan fingerprint density at radius 2 is 1.70 bits per heavy atom. The van der Waals surface area contributed by atoms with Gasteiger partial charge in [-0.2, -0.15) is 0 Å². The van der Waals surface area contributed by atoms with Crippen LogP contribution in [0, 0.1) is 0 Å². The zero-order valence-electron chi connectivity index (χ0n) is 12.9. The van der Waals surface area contributed by atoms with Gasteiger partial charge in [0, 0.05) is 18.2 Å². The van der Waals surface area contributed by atoms with Crippen LogP contribution in [0.25, 0.3) is 0 Å². The third-order valence-electron chi connectivity index (χ3n) is 4.29. The second-order valence-corrected chi connectivity index (χ2v) is 5.84. The zero-order chi connectivity index (χ0) is 14.5. The van der Waals surface area contributed by atoms with E-state index in [0.717, 1.165) is 12.1 Å². The summed E-state index contributed by atoms with van der Waals surface area (Å²) in [6.07, 6.45) is 5.32. The number of carbonyl (C=O) groups excluding carboxylic acids is 1. The monoisotopic (exact) mass is 274 g/mol. The maximum Gasteiger partial charge on any atom is 0.227 e. The Bertz CT molecular complexity index is 430. The van der Waals surface area contributed by atoms with Crippen molar-refractivity contribution in [2.45, 2.75) is 51.1 Å². The molecule has 0 spiro atoms. The molecule has 1 aliphatic rings. The van der Waals surface area contributed by atoms with Crippen LogP contribution in [0.5, 0.6) is 0 Å². The lowest BCUT2D eigenvalue weighted by atomic mass is 9.88. The number of benzene rings is 1. The van der Waals surface area contributed by atoms with Gasteiger partial charge in [-0.25, -0.2) is 0 Å². The molecule has 1 aromatic carbocycles. The quantitative estimate of drug-likeness (QED) is 0.841. The minimum Gasteiger partial charge on any atom is -0.308 e. The van der Waals surface area contributed by atoms with Crippen molar-refractivity contribution in [1.82, 2.24) is 4.90 Å². The Hall–Kier alpha value is -1.35. The first-order valence-corrected chi connectivity index (χ1v) is 7.68. The van der Waals surface area contributed by atoms with Crippen LogP contribution in [-0.2, 0) is 4.79 Å². The molecule has 1 aromatic rings. The summed E-state index contributed by atoms with van der Waals surface area (Å²) in [6.45, 7) is 1.95. The van der Waals surface area contributed by atoms with E-state index in [-0.39, 0.29) is 5.91 Å². The molecule has 20 heavy (non-hydrogen) atoms. The predicted octanol–water partition coefficient (Wildman–Crippen LogP) is 3.30.